The van der Waals surface area contributed by atoms with Crippen LogP contribution in [0.5, 0.6) is 0 Å². The van der Waals surface area contributed by atoms with Gasteiger partial charge in [0.25, 0.3) is 45.5 Å². The average molecular weight is 1440 g/mol. The summed E-state index contributed by atoms with van der Waals surface area (Å²) in [5.74, 6) is 0. The monoisotopic (exact) mass is 1440 g/mol. The van der Waals surface area contributed by atoms with Gasteiger partial charge in [-0.05, 0) is 170 Å². The molecule has 0 aliphatic rings. The predicted octanol–water partition coefficient (Wildman–Crippen LogP) is 21.8. The van der Waals surface area contributed by atoms with Gasteiger partial charge < -0.3 is 29.4 Å². The van der Waals surface area contributed by atoms with Crippen LogP contribution in [0.25, 0.3) is 0 Å². The van der Waals surface area contributed by atoms with E-state index < -0.39 is 39.4 Å². The van der Waals surface area contributed by atoms with Crippen molar-refractivity contribution in [3.8, 4) is 0 Å². The number of nitro groups is 8. The Morgan fingerprint density at radius 1 is 0.139 bits per heavy atom. The maximum absolute atomic E-state index is 12.2. The molecule has 108 heavy (non-hydrogen) atoms. The van der Waals surface area contributed by atoms with E-state index in [1.54, 1.807) is 141 Å². The van der Waals surface area contributed by atoms with Gasteiger partial charge in [0.1, 0.15) is 0 Å². The third kappa shape index (κ3) is 14.4. The van der Waals surface area contributed by atoms with Gasteiger partial charge in [0, 0.05) is 154 Å². The minimum absolute atomic E-state index is 0.237. The van der Waals surface area contributed by atoms with Gasteiger partial charge in [0.2, 0.25) is 0 Å². The topological polar surface area (TPSA) is 365 Å². The largest absolute Gasteiger partial charge is 0.308 e. The standard InChI is InChI=1S/C78H52N14O16/c93-85(94)63-37-21-53(22-38-63)79(54-23-39-64(40-24-54)86(95)96)71-9-1-5-13-75(71)83(76-14-6-2-10-72(76)80(55-25-41-65(42-26-55)87(97)98)56-27-43-66(44-28-56)88(99)100)61-17-19-62(20-18-61)84(77-15-7-3-11-73(77)81(57-29-45-67(46-30-57)89(101)102)58-31-47-68(48-32-58)90(103)104)78-16-8-4-12-74(78)82(59-33-49-69(50-34-59)91(105)106)60-35-51-70(52-36-60)92(107)108/h1-52H. The number of para-hydroxylation sites is 8. The van der Waals surface area contributed by atoms with Gasteiger partial charge in [-0.2, -0.15) is 0 Å². The first-order chi connectivity index (χ1) is 52.2. The highest BCUT2D eigenvalue weighted by atomic mass is 16.7. The highest BCUT2D eigenvalue weighted by Gasteiger charge is 2.31. The van der Waals surface area contributed by atoms with Gasteiger partial charge in [-0.25, -0.2) is 0 Å². The molecule has 0 bridgehead atoms. The van der Waals surface area contributed by atoms with Crippen molar-refractivity contribution < 1.29 is 39.4 Å². The fourth-order valence-electron chi connectivity index (χ4n) is 12.4. The van der Waals surface area contributed by atoms with Crippen molar-refractivity contribution in [3.05, 3.63) is 396 Å². The van der Waals surface area contributed by atoms with E-state index in [9.17, 15) is 80.9 Å². The van der Waals surface area contributed by atoms with Crippen LogP contribution in [0.2, 0.25) is 0 Å². The van der Waals surface area contributed by atoms with E-state index in [0.717, 1.165) is 0 Å². The van der Waals surface area contributed by atoms with Crippen molar-refractivity contribution in [1.82, 2.24) is 0 Å². The number of rotatable bonds is 26. The Kier molecular flexibility index (Phi) is 19.7. The lowest BCUT2D eigenvalue weighted by Crippen LogP contribution is -2.21. The zero-order valence-electron chi connectivity index (χ0n) is 55.8. The Bertz CT molecular complexity index is 4710. The lowest BCUT2D eigenvalue weighted by molar-refractivity contribution is -0.385. The van der Waals surface area contributed by atoms with Gasteiger partial charge in [0.15, 0.2) is 0 Å². The molecule has 0 atom stereocenters. The Morgan fingerprint density at radius 3 is 0.343 bits per heavy atom. The number of nitrogens with zero attached hydrogens (tertiary/aromatic N) is 14. The van der Waals surface area contributed by atoms with Gasteiger partial charge in [-0.15, -0.1) is 0 Å². The fourth-order valence-corrected chi connectivity index (χ4v) is 12.4. The molecule has 30 heteroatoms. The van der Waals surface area contributed by atoms with E-state index in [4.69, 9.17) is 0 Å². The lowest BCUT2D eigenvalue weighted by Gasteiger charge is -2.37. The maximum Gasteiger partial charge on any atom is 0.269 e. The zero-order valence-corrected chi connectivity index (χ0v) is 55.8. The molecule has 13 aromatic rings. The summed E-state index contributed by atoms with van der Waals surface area (Å²) in [4.78, 5) is 104. The molecule has 0 aliphatic heterocycles. The molecule has 0 N–H and O–H groups in total. The Hall–Kier alpha value is -16.1. The number of benzene rings is 13. The minimum Gasteiger partial charge on any atom is -0.308 e. The van der Waals surface area contributed by atoms with E-state index in [1.807, 2.05) is 9.80 Å². The van der Waals surface area contributed by atoms with E-state index in [-0.39, 0.29) is 45.5 Å². The Morgan fingerprint density at radius 2 is 0.231 bits per heavy atom. The third-order valence-electron chi connectivity index (χ3n) is 17.4. The molecule has 0 fully saturated rings. The van der Waals surface area contributed by atoms with Crippen molar-refractivity contribution >= 4 is 148 Å². The van der Waals surface area contributed by atoms with Crippen LogP contribution in [0.3, 0.4) is 0 Å². The molecule has 0 aliphatic carbocycles. The smallest absolute Gasteiger partial charge is 0.269 e. The molecular weight excluding hydrogens is 1390 g/mol. The normalized spacial score (nSPS) is 10.8. The van der Waals surface area contributed by atoms with E-state index in [0.29, 0.717) is 102 Å². The van der Waals surface area contributed by atoms with Gasteiger partial charge in [-0.3, -0.25) is 80.9 Å². The number of anilines is 18. The van der Waals surface area contributed by atoms with Crippen LogP contribution < -0.4 is 29.4 Å². The number of hydrogen-bond acceptors (Lipinski definition) is 22. The fraction of sp³-hybridized carbons (Fsp3) is 0. The van der Waals surface area contributed by atoms with Crippen LogP contribution in [-0.2, 0) is 0 Å². The number of nitro benzene ring substituents is 8. The summed E-state index contributed by atoms with van der Waals surface area (Å²) in [7, 11) is 0. The summed E-state index contributed by atoms with van der Waals surface area (Å²) < 4.78 is 0. The third-order valence-corrected chi connectivity index (χ3v) is 17.4. The molecular formula is C78H52N14O16. The molecule has 0 spiro atoms. The lowest BCUT2D eigenvalue weighted by atomic mass is 10.1. The SMILES string of the molecule is O=[N+]([O-])c1ccc(N(c2ccc([N+](=O)[O-])cc2)c2ccccc2N(c2ccc(N(c3ccccc3N(c3ccc([N+](=O)[O-])cc3)c3ccc([N+](=O)[O-])cc3)c3ccccc3N(c3ccc([N+](=O)[O-])cc3)c3ccc([N+](=O)[O-])cc3)cc2)c2ccccc2N(c2ccc([N+](=O)[O-])cc2)c2ccc([N+](=O)[O-])cc2)cc1. The first kappa shape index (κ1) is 70.3. The highest BCUT2D eigenvalue weighted by Crippen LogP contribution is 2.54. The second kappa shape index (κ2) is 30.2. The number of hydrogen-bond donors (Lipinski definition) is 0. The van der Waals surface area contributed by atoms with Crippen molar-refractivity contribution in [2.45, 2.75) is 0 Å². The van der Waals surface area contributed by atoms with Crippen LogP contribution in [0, 0.1) is 80.9 Å². The molecule has 13 aromatic carbocycles. The quantitative estimate of drug-likeness (QED) is 0.0359. The molecule has 0 saturated carbocycles. The van der Waals surface area contributed by atoms with Gasteiger partial charge in [-0.1, -0.05) is 48.5 Å². The van der Waals surface area contributed by atoms with Crippen LogP contribution in [0.15, 0.2) is 315 Å². The first-order valence-electron chi connectivity index (χ1n) is 32.4. The summed E-state index contributed by atoms with van der Waals surface area (Å²) in [5, 5.41) is 97.7. The summed E-state index contributed by atoms with van der Waals surface area (Å²) >= 11 is 0. The Balaban J connectivity index is 1.09. The Labute approximate surface area is 610 Å². The van der Waals surface area contributed by atoms with Gasteiger partial charge >= 0.3 is 0 Å². The second-order valence-corrected chi connectivity index (χ2v) is 23.7. The first-order valence-corrected chi connectivity index (χ1v) is 32.4. The van der Waals surface area contributed by atoms with Crippen LogP contribution in [0.1, 0.15) is 0 Å². The average Bonchev–Trinajstić information content (AvgIpc) is 0.747. The molecule has 30 nitrogen and oxygen atoms in total. The summed E-state index contributed by atoms with van der Waals surface area (Å²) in [6, 6.07) is 80.7. The minimum atomic E-state index is -0.557. The van der Waals surface area contributed by atoms with Crippen LogP contribution in [-0.4, -0.2) is 39.4 Å². The zero-order chi connectivity index (χ0) is 75.9. The molecule has 0 amide bonds. The van der Waals surface area contributed by atoms with Crippen LogP contribution >= 0.6 is 0 Å². The summed E-state index contributed by atoms with van der Waals surface area (Å²) in [6.45, 7) is 0. The summed E-state index contributed by atoms with van der Waals surface area (Å²) in [5.41, 5.74) is 4.92. The van der Waals surface area contributed by atoms with Gasteiger partial charge in [0.05, 0.1) is 84.9 Å². The second-order valence-electron chi connectivity index (χ2n) is 23.7. The van der Waals surface area contributed by atoms with Crippen molar-refractivity contribution in [2.24, 2.45) is 0 Å². The maximum atomic E-state index is 12.2. The van der Waals surface area contributed by atoms with E-state index in [2.05, 4.69) is 0 Å². The molecule has 0 heterocycles. The van der Waals surface area contributed by atoms with Crippen LogP contribution in [0.4, 0.5) is 148 Å². The molecule has 0 radical (unpaired) electrons. The van der Waals surface area contributed by atoms with Crippen molar-refractivity contribution in [3.63, 3.8) is 0 Å². The van der Waals surface area contributed by atoms with E-state index in [1.165, 1.54) is 194 Å². The molecule has 0 saturated heterocycles. The molecule has 530 valence electrons. The van der Waals surface area contributed by atoms with Crippen molar-refractivity contribution in [2.75, 3.05) is 29.4 Å². The molecule has 0 aromatic heterocycles. The molecule has 0 unspecified atom stereocenters. The van der Waals surface area contributed by atoms with Crippen molar-refractivity contribution in [1.29, 1.82) is 0 Å². The molecule has 13 rings (SSSR count). The summed E-state index contributed by atoms with van der Waals surface area (Å²) in [6.07, 6.45) is 0. The number of non-ortho nitro benzene ring substituents is 8. The van der Waals surface area contributed by atoms with E-state index >= 15 is 0 Å². The highest BCUT2D eigenvalue weighted by molar-refractivity contribution is 6.00. The predicted molar refractivity (Wildman–Crippen MR) is 408 cm³/mol.